The molecule has 1 aliphatic heterocycles. The Balaban J connectivity index is 1.95. The lowest BCUT2D eigenvalue weighted by Crippen LogP contribution is -2.41. The molecular formula is C12H17BrN2O2S. The summed E-state index contributed by atoms with van der Waals surface area (Å²) in [5, 5.41) is 0. The van der Waals surface area contributed by atoms with E-state index in [-0.39, 0.29) is 5.75 Å². The zero-order valence-electron chi connectivity index (χ0n) is 10.1. The molecule has 2 heterocycles. The lowest BCUT2D eigenvalue weighted by Gasteiger charge is -2.29. The van der Waals surface area contributed by atoms with Crippen LogP contribution in [0.5, 0.6) is 0 Å². The van der Waals surface area contributed by atoms with Crippen LogP contribution in [0.25, 0.3) is 0 Å². The van der Waals surface area contributed by atoms with Gasteiger partial charge in [-0.25, -0.2) is 12.7 Å². The fourth-order valence-corrected chi connectivity index (χ4v) is 4.50. The lowest BCUT2D eigenvalue weighted by molar-refractivity contribution is 0.356. The molecule has 18 heavy (non-hydrogen) atoms. The number of pyridine rings is 1. The summed E-state index contributed by atoms with van der Waals surface area (Å²) in [6.45, 7) is 1.25. The van der Waals surface area contributed by atoms with E-state index in [0.717, 1.165) is 18.4 Å². The minimum Gasteiger partial charge on any atom is -0.265 e. The van der Waals surface area contributed by atoms with Gasteiger partial charge in [-0.1, -0.05) is 15.9 Å². The van der Waals surface area contributed by atoms with E-state index in [1.54, 1.807) is 16.7 Å². The molecule has 0 saturated carbocycles. The third-order valence-electron chi connectivity index (χ3n) is 3.12. The SMILES string of the molecule is O=S(=O)(CCc1ccncc1)N1CCCC(Br)C1. The Morgan fingerprint density at radius 3 is 2.78 bits per heavy atom. The Morgan fingerprint density at radius 1 is 1.39 bits per heavy atom. The molecule has 4 nitrogen and oxygen atoms in total. The van der Waals surface area contributed by atoms with Crippen LogP contribution in [0.2, 0.25) is 0 Å². The molecule has 2 rings (SSSR count). The molecule has 0 aliphatic carbocycles. The number of aromatic nitrogens is 1. The predicted octanol–water partition coefficient (Wildman–Crippen LogP) is 1.81. The van der Waals surface area contributed by atoms with Crippen LogP contribution in [0.15, 0.2) is 24.5 Å². The van der Waals surface area contributed by atoms with Gasteiger partial charge in [-0.2, -0.15) is 0 Å². The first kappa shape index (κ1) is 14.0. The van der Waals surface area contributed by atoms with Crippen molar-refractivity contribution in [2.24, 2.45) is 0 Å². The number of nitrogens with zero attached hydrogens (tertiary/aromatic N) is 2. The maximum Gasteiger partial charge on any atom is 0.214 e. The Bertz CT molecular complexity index is 478. The van der Waals surface area contributed by atoms with Gasteiger partial charge in [-0.3, -0.25) is 4.98 Å². The monoisotopic (exact) mass is 332 g/mol. The molecule has 1 unspecified atom stereocenters. The summed E-state index contributed by atoms with van der Waals surface area (Å²) < 4.78 is 26.0. The number of rotatable bonds is 4. The van der Waals surface area contributed by atoms with E-state index in [4.69, 9.17) is 0 Å². The van der Waals surface area contributed by atoms with E-state index in [2.05, 4.69) is 20.9 Å². The molecular weight excluding hydrogens is 316 g/mol. The van der Waals surface area contributed by atoms with Crippen molar-refractivity contribution in [2.75, 3.05) is 18.8 Å². The van der Waals surface area contributed by atoms with Gasteiger partial charge in [-0.15, -0.1) is 0 Å². The fraction of sp³-hybridized carbons (Fsp3) is 0.583. The highest BCUT2D eigenvalue weighted by atomic mass is 79.9. The number of halogens is 1. The van der Waals surface area contributed by atoms with E-state index < -0.39 is 10.0 Å². The van der Waals surface area contributed by atoms with Gasteiger partial charge in [0.25, 0.3) is 0 Å². The molecule has 1 fully saturated rings. The molecule has 0 bridgehead atoms. The second-order valence-electron chi connectivity index (χ2n) is 4.52. The van der Waals surface area contributed by atoms with Crippen molar-refractivity contribution in [1.82, 2.24) is 9.29 Å². The van der Waals surface area contributed by atoms with Crippen molar-refractivity contribution in [3.05, 3.63) is 30.1 Å². The highest BCUT2D eigenvalue weighted by molar-refractivity contribution is 9.09. The van der Waals surface area contributed by atoms with Crippen molar-refractivity contribution in [3.8, 4) is 0 Å². The molecule has 0 radical (unpaired) electrons. The number of hydrogen-bond acceptors (Lipinski definition) is 3. The molecule has 0 spiro atoms. The third kappa shape index (κ3) is 3.76. The average molecular weight is 333 g/mol. The Labute approximate surface area is 117 Å². The number of aryl methyl sites for hydroxylation is 1. The fourth-order valence-electron chi connectivity index (χ4n) is 2.07. The number of piperidine rings is 1. The van der Waals surface area contributed by atoms with Crippen molar-refractivity contribution in [3.63, 3.8) is 0 Å². The number of hydrogen-bond donors (Lipinski definition) is 0. The molecule has 1 aromatic heterocycles. The molecule has 1 saturated heterocycles. The molecule has 0 aromatic carbocycles. The van der Waals surface area contributed by atoms with Gasteiger partial charge in [0.05, 0.1) is 5.75 Å². The first-order valence-corrected chi connectivity index (χ1v) is 8.61. The van der Waals surface area contributed by atoms with Crippen LogP contribution in [-0.2, 0) is 16.4 Å². The van der Waals surface area contributed by atoms with E-state index >= 15 is 0 Å². The topological polar surface area (TPSA) is 50.3 Å². The van der Waals surface area contributed by atoms with Gasteiger partial charge in [0.15, 0.2) is 0 Å². The zero-order valence-corrected chi connectivity index (χ0v) is 12.5. The molecule has 0 N–H and O–H groups in total. The number of sulfonamides is 1. The van der Waals surface area contributed by atoms with Gasteiger partial charge >= 0.3 is 0 Å². The summed E-state index contributed by atoms with van der Waals surface area (Å²) in [4.78, 5) is 4.22. The Morgan fingerprint density at radius 2 is 2.11 bits per heavy atom. The maximum absolute atomic E-state index is 12.2. The minimum atomic E-state index is -3.13. The Hall–Kier alpha value is -0.460. The normalized spacial score (nSPS) is 21.9. The third-order valence-corrected chi connectivity index (χ3v) is 5.70. The standard InChI is InChI=1S/C12H17BrN2O2S/c13-12-2-1-8-15(10-12)18(16,17)9-5-11-3-6-14-7-4-11/h3-4,6-7,12H,1-2,5,8-10H2. The van der Waals surface area contributed by atoms with Gasteiger partial charge in [0, 0.05) is 30.3 Å². The first-order chi connectivity index (χ1) is 8.58. The van der Waals surface area contributed by atoms with Gasteiger partial charge in [0.1, 0.15) is 0 Å². The lowest BCUT2D eigenvalue weighted by atomic mass is 10.2. The van der Waals surface area contributed by atoms with Crippen LogP contribution in [0.1, 0.15) is 18.4 Å². The van der Waals surface area contributed by atoms with E-state index in [1.807, 2.05) is 12.1 Å². The van der Waals surface area contributed by atoms with E-state index in [9.17, 15) is 8.42 Å². The van der Waals surface area contributed by atoms with Crippen LogP contribution in [0.3, 0.4) is 0 Å². The van der Waals surface area contributed by atoms with Crippen LogP contribution in [0, 0.1) is 0 Å². The van der Waals surface area contributed by atoms with Crippen molar-refractivity contribution in [2.45, 2.75) is 24.1 Å². The van der Waals surface area contributed by atoms with Gasteiger partial charge < -0.3 is 0 Å². The summed E-state index contributed by atoms with van der Waals surface area (Å²) in [6, 6.07) is 3.72. The second kappa shape index (κ2) is 6.12. The van der Waals surface area contributed by atoms with Gasteiger partial charge in [0.2, 0.25) is 10.0 Å². The van der Waals surface area contributed by atoms with Crippen molar-refractivity contribution < 1.29 is 8.42 Å². The largest absolute Gasteiger partial charge is 0.265 e. The van der Waals surface area contributed by atoms with Crippen LogP contribution >= 0.6 is 15.9 Å². The maximum atomic E-state index is 12.2. The van der Waals surface area contributed by atoms with E-state index in [0.29, 0.717) is 24.3 Å². The molecule has 0 amide bonds. The summed E-state index contributed by atoms with van der Waals surface area (Å²) in [5.41, 5.74) is 1.01. The highest BCUT2D eigenvalue weighted by Crippen LogP contribution is 2.20. The average Bonchev–Trinajstić information content (AvgIpc) is 2.38. The van der Waals surface area contributed by atoms with Crippen LogP contribution in [-0.4, -0.2) is 41.4 Å². The summed E-state index contributed by atoms with van der Waals surface area (Å²) in [7, 11) is -3.13. The summed E-state index contributed by atoms with van der Waals surface area (Å²) >= 11 is 3.50. The highest BCUT2D eigenvalue weighted by Gasteiger charge is 2.27. The van der Waals surface area contributed by atoms with Crippen molar-refractivity contribution in [1.29, 1.82) is 0 Å². The summed E-state index contributed by atoms with van der Waals surface area (Å²) in [6.07, 6.45) is 5.92. The second-order valence-corrected chi connectivity index (χ2v) is 7.90. The molecule has 6 heteroatoms. The van der Waals surface area contributed by atoms with Crippen LogP contribution in [0.4, 0.5) is 0 Å². The van der Waals surface area contributed by atoms with Gasteiger partial charge in [-0.05, 0) is 37.0 Å². The minimum absolute atomic E-state index is 0.177. The predicted molar refractivity (Wildman–Crippen MR) is 75.2 cm³/mol. The number of alkyl halides is 1. The Kier molecular flexibility index (Phi) is 4.75. The molecule has 100 valence electrons. The van der Waals surface area contributed by atoms with E-state index in [1.165, 1.54) is 0 Å². The first-order valence-electron chi connectivity index (χ1n) is 6.09. The molecule has 1 atom stereocenters. The summed E-state index contributed by atoms with van der Waals surface area (Å²) in [5.74, 6) is 0.177. The van der Waals surface area contributed by atoms with Crippen LogP contribution < -0.4 is 0 Å². The molecule has 1 aliphatic rings. The zero-order chi connectivity index (χ0) is 13.0. The quantitative estimate of drug-likeness (QED) is 0.790. The molecule has 1 aromatic rings. The smallest absolute Gasteiger partial charge is 0.214 e. The van der Waals surface area contributed by atoms with Crippen molar-refractivity contribution >= 4 is 26.0 Å².